The molecule has 1 aromatic carbocycles. The minimum absolute atomic E-state index is 0.262. The highest BCUT2D eigenvalue weighted by Gasteiger charge is 2.19. The zero-order valence-corrected chi connectivity index (χ0v) is 15.0. The normalized spacial score (nSPS) is 10.6. The van der Waals surface area contributed by atoms with Crippen LogP contribution in [0.1, 0.15) is 36.7 Å². The van der Waals surface area contributed by atoms with Crippen molar-refractivity contribution in [2.24, 2.45) is 0 Å². The fourth-order valence-corrected chi connectivity index (χ4v) is 2.62. The summed E-state index contributed by atoms with van der Waals surface area (Å²) in [5, 5.41) is 4.07. The number of esters is 2. The van der Waals surface area contributed by atoms with Gasteiger partial charge in [0.05, 0.1) is 5.69 Å². The van der Waals surface area contributed by atoms with Crippen LogP contribution >= 0.6 is 0 Å². The maximum atomic E-state index is 12.5. The number of unbranched alkanes of at least 4 members (excludes halogenated alkanes) is 1. The van der Waals surface area contributed by atoms with Crippen LogP contribution in [-0.2, 0) is 14.3 Å². The molecule has 0 saturated heterocycles. The molecule has 140 valence electrons. The molecule has 0 atom stereocenters. The number of fused-ring (bicyclic) bond motifs is 1. The molecule has 2 N–H and O–H groups in total. The summed E-state index contributed by atoms with van der Waals surface area (Å²) < 4.78 is 10.1. The molecule has 0 unspecified atom stereocenters. The van der Waals surface area contributed by atoms with E-state index in [2.05, 4.69) is 15.3 Å². The van der Waals surface area contributed by atoms with E-state index in [-0.39, 0.29) is 11.7 Å². The molecular formula is C20H21N3O4. The first-order valence-electron chi connectivity index (χ1n) is 8.79. The lowest BCUT2D eigenvalue weighted by molar-refractivity contribution is -0.152. The van der Waals surface area contributed by atoms with Crippen LogP contribution in [-0.4, -0.2) is 28.7 Å². The first-order valence-corrected chi connectivity index (χ1v) is 8.79. The van der Waals surface area contributed by atoms with E-state index in [1.54, 1.807) is 24.5 Å². The van der Waals surface area contributed by atoms with E-state index in [0.717, 1.165) is 29.4 Å². The number of anilines is 2. The third-order valence-electron chi connectivity index (χ3n) is 4.00. The molecule has 0 radical (unpaired) electrons. The molecule has 0 saturated carbocycles. The Morgan fingerprint density at radius 3 is 2.67 bits per heavy atom. The summed E-state index contributed by atoms with van der Waals surface area (Å²) in [7, 11) is 0. The van der Waals surface area contributed by atoms with Gasteiger partial charge in [-0.1, -0.05) is 31.5 Å². The molecule has 7 nitrogen and oxygen atoms in total. The predicted molar refractivity (Wildman–Crippen MR) is 102 cm³/mol. The second-order valence-electron chi connectivity index (χ2n) is 5.95. The number of carbonyl (C=O) groups excluding carboxylic acids is 2. The minimum Gasteiger partial charge on any atom is -0.428 e. The van der Waals surface area contributed by atoms with Gasteiger partial charge in [-0.05, 0) is 24.6 Å². The Kier molecular flexibility index (Phi) is 6.04. The van der Waals surface area contributed by atoms with Crippen molar-refractivity contribution in [2.75, 3.05) is 12.1 Å². The molecular weight excluding hydrogens is 346 g/mol. The van der Waals surface area contributed by atoms with Crippen molar-refractivity contribution < 1.29 is 19.1 Å². The van der Waals surface area contributed by atoms with Crippen molar-refractivity contribution in [1.82, 2.24) is 9.97 Å². The second kappa shape index (κ2) is 8.84. The van der Waals surface area contributed by atoms with Crippen molar-refractivity contribution in [2.45, 2.75) is 26.2 Å². The summed E-state index contributed by atoms with van der Waals surface area (Å²) in [6.07, 6.45) is 5.27. The lowest BCUT2D eigenvalue weighted by Gasteiger charge is -2.09. The van der Waals surface area contributed by atoms with Gasteiger partial charge in [0.15, 0.2) is 0 Å². The molecule has 0 spiro atoms. The topological polar surface area (TPSA) is 93.3 Å². The van der Waals surface area contributed by atoms with Gasteiger partial charge < -0.3 is 19.8 Å². The van der Waals surface area contributed by atoms with Gasteiger partial charge in [-0.15, -0.1) is 0 Å². The van der Waals surface area contributed by atoms with Crippen LogP contribution in [0.4, 0.5) is 11.4 Å². The van der Waals surface area contributed by atoms with Crippen LogP contribution in [0.2, 0.25) is 0 Å². The number of para-hydroxylation sites is 1. The average Bonchev–Trinajstić information content (AvgIpc) is 3.06. The number of carbonyl (C=O) groups is 2. The highest BCUT2D eigenvalue weighted by atomic mass is 16.7. The highest BCUT2D eigenvalue weighted by Crippen LogP contribution is 2.30. The number of hydrogen-bond donors (Lipinski definition) is 2. The fraction of sp³-hybridized carbons (Fsp3) is 0.250. The van der Waals surface area contributed by atoms with E-state index in [4.69, 9.17) is 9.47 Å². The molecule has 2 aromatic heterocycles. The number of nitrogens with one attached hydrogen (secondary N) is 2. The molecule has 0 fully saturated rings. The summed E-state index contributed by atoms with van der Waals surface area (Å²) in [5.41, 5.74) is 2.44. The first-order chi connectivity index (χ1) is 13.2. The third-order valence-corrected chi connectivity index (χ3v) is 4.00. The number of benzene rings is 1. The van der Waals surface area contributed by atoms with E-state index in [1.807, 2.05) is 31.2 Å². The number of ether oxygens (including phenoxy) is 2. The minimum atomic E-state index is -0.606. The predicted octanol–water partition coefficient (Wildman–Crippen LogP) is 4.15. The van der Waals surface area contributed by atoms with Crippen LogP contribution in [0.15, 0.2) is 48.8 Å². The number of hydrogen-bond acceptors (Lipinski definition) is 6. The summed E-state index contributed by atoms with van der Waals surface area (Å²) in [4.78, 5) is 31.1. The average molecular weight is 367 g/mol. The molecule has 0 bridgehead atoms. The molecule has 7 heteroatoms. The van der Waals surface area contributed by atoms with Crippen molar-refractivity contribution in [3.05, 3.63) is 54.5 Å². The van der Waals surface area contributed by atoms with Crippen molar-refractivity contribution >= 4 is 34.2 Å². The quantitative estimate of drug-likeness (QED) is 0.459. The van der Waals surface area contributed by atoms with Crippen LogP contribution in [0.25, 0.3) is 10.9 Å². The van der Waals surface area contributed by atoms with Crippen molar-refractivity contribution in [3.63, 3.8) is 0 Å². The zero-order valence-electron chi connectivity index (χ0n) is 15.0. The van der Waals surface area contributed by atoms with E-state index >= 15 is 0 Å². The fourth-order valence-electron chi connectivity index (χ4n) is 2.62. The van der Waals surface area contributed by atoms with Gasteiger partial charge in [-0.3, -0.25) is 9.78 Å². The second-order valence-corrected chi connectivity index (χ2v) is 5.95. The van der Waals surface area contributed by atoms with Gasteiger partial charge in [0, 0.05) is 35.4 Å². The van der Waals surface area contributed by atoms with Gasteiger partial charge in [-0.25, -0.2) is 4.79 Å². The van der Waals surface area contributed by atoms with Gasteiger partial charge in [0.1, 0.15) is 5.69 Å². The van der Waals surface area contributed by atoms with Gasteiger partial charge in [0.25, 0.3) is 0 Å². The van der Waals surface area contributed by atoms with E-state index in [9.17, 15) is 9.59 Å². The van der Waals surface area contributed by atoms with Gasteiger partial charge in [0.2, 0.25) is 6.79 Å². The number of aromatic nitrogens is 2. The molecule has 0 amide bonds. The molecule has 0 aliphatic heterocycles. The van der Waals surface area contributed by atoms with Crippen LogP contribution in [0, 0.1) is 0 Å². The molecule has 27 heavy (non-hydrogen) atoms. The van der Waals surface area contributed by atoms with Crippen molar-refractivity contribution in [3.8, 4) is 0 Å². The SMILES string of the molecule is CCCCC(=O)OCOC(=O)c1[nH]c2ccccc2c1Nc1ccncc1. The number of pyridine rings is 1. The number of nitrogens with zero attached hydrogens (tertiary/aromatic N) is 1. The largest absolute Gasteiger partial charge is 0.428 e. The third kappa shape index (κ3) is 4.63. The summed E-state index contributed by atoms with van der Waals surface area (Å²) in [5.74, 6) is -0.984. The van der Waals surface area contributed by atoms with E-state index < -0.39 is 12.8 Å². The summed E-state index contributed by atoms with van der Waals surface area (Å²) in [6.45, 7) is 1.58. The summed E-state index contributed by atoms with van der Waals surface area (Å²) >= 11 is 0. The smallest absolute Gasteiger partial charge is 0.359 e. The van der Waals surface area contributed by atoms with Crippen LogP contribution in [0.5, 0.6) is 0 Å². The highest BCUT2D eigenvalue weighted by molar-refractivity contribution is 6.07. The maximum Gasteiger partial charge on any atom is 0.359 e. The molecule has 3 aromatic rings. The van der Waals surface area contributed by atoms with Gasteiger partial charge >= 0.3 is 11.9 Å². The molecule has 3 rings (SSSR count). The molecule has 2 heterocycles. The number of H-pyrrole nitrogens is 1. The zero-order chi connectivity index (χ0) is 19.1. The number of rotatable bonds is 8. The lowest BCUT2D eigenvalue weighted by atomic mass is 10.2. The Bertz CT molecular complexity index is 921. The first kappa shape index (κ1) is 18.4. The Morgan fingerprint density at radius 1 is 1.11 bits per heavy atom. The van der Waals surface area contributed by atoms with E-state index in [1.165, 1.54) is 0 Å². The Labute approximate surface area is 156 Å². The van der Waals surface area contributed by atoms with Crippen molar-refractivity contribution in [1.29, 1.82) is 0 Å². The standard InChI is InChI=1S/C20H21N3O4/c1-2-3-8-17(24)26-13-27-20(25)19-18(22-14-9-11-21-12-10-14)15-6-4-5-7-16(15)23-19/h4-7,9-12,23H,2-3,8,13H2,1H3,(H,21,22). The van der Waals surface area contributed by atoms with E-state index in [0.29, 0.717) is 12.1 Å². The summed E-state index contributed by atoms with van der Waals surface area (Å²) in [6, 6.07) is 11.1. The maximum absolute atomic E-state index is 12.5. The lowest BCUT2D eigenvalue weighted by Crippen LogP contribution is -2.14. The Hall–Kier alpha value is -3.35. The number of aromatic amines is 1. The Balaban J connectivity index is 1.76. The van der Waals surface area contributed by atoms with Crippen LogP contribution < -0.4 is 5.32 Å². The molecule has 0 aliphatic carbocycles. The van der Waals surface area contributed by atoms with Crippen LogP contribution in [0.3, 0.4) is 0 Å². The Morgan fingerprint density at radius 2 is 1.89 bits per heavy atom. The van der Waals surface area contributed by atoms with Gasteiger partial charge in [-0.2, -0.15) is 0 Å². The molecule has 0 aliphatic rings. The monoisotopic (exact) mass is 367 g/mol.